The topological polar surface area (TPSA) is 61.9 Å². The molecule has 0 spiro atoms. The number of carbonyl (C=O) groups excluding carboxylic acids is 2. The van der Waals surface area contributed by atoms with Crippen LogP contribution >= 0.6 is 0 Å². The van der Waals surface area contributed by atoms with Crippen molar-refractivity contribution in [3.8, 4) is 0 Å². The second-order valence-corrected chi connectivity index (χ2v) is 8.18. The molecule has 0 bridgehead atoms. The molecule has 2 saturated heterocycles. The third-order valence-corrected chi connectivity index (χ3v) is 5.85. The number of amides is 2. The average Bonchev–Trinajstić information content (AvgIpc) is 2.79. The van der Waals surface area contributed by atoms with Gasteiger partial charge in [-0.1, -0.05) is 18.2 Å². The Balaban J connectivity index is 1.35. The van der Waals surface area contributed by atoms with Crippen molar-refractivity contribution < 1.29 is 18.7 Å². The summed E-state index contributed by atoms with van der Waals surface area (Å²) in [5.74, 6) is -0.463. The highest BCUT2D eigenvalue weighted by Gasteiger charge is 2.26. The molecular weight excluding hydrogens is 397 g/mol. The molecule has 0 aromatic heterocycles. The van der Waals surface area contributed by atoms with E-state index in [1.165, 1.54) is 6.07 Å². The van der Waals surface area contributed by atoms with Crippen LogP contribution < -0.4 is 5.32 Å². The smallest absolute Gasteiger partial charge is 0.254 e. The standard InChI is InChI=1S/C24H28FN3O3/c25-21-7-1-4-18(14-21)16-27-9-3-6-20(17-27)23(29)26-22-8-2-5-19(15-22)24(30)28-10-12-31-13-11-28/h1-2,4-5,7-8,14-15,20H,3,6,9-13,16-17H2,(H,26,29). The zero-order chi connectivity index (χ0) is 21.6. The number of morpholine rings is 1. The fourth-order valence-corrected chi connectivity index (χ4v) is 4.23. The first-order chi connectivity index (χ1) is 15.1. The summed E-state index contributed by atoms with van der Waals surface area (Å²) in [4.78, 5) is 29.6. The third kappa shape index (κ3) is 5.68. The van der Waals surface area contributed by atoms with Crippen molar-refractivity contribution >= 4 is 17.5 Å². The minimum atomic E-state index is -0.240. The summed E-state index contributed by atoms with van der Waals surface area (Å²) in [6.45, 7) is 4.42. The van der Waals surface area contributed by atoms with E-state index in [9.17, 15) is 14.0 Å². The first-order valence-corrected chi connectivity index (χ1v) is 10.8. The van der Waals surface area contributed by atoms with Gasteiger partial charge in [0.25, 0.3) is 5.91 Å². The van der Waals surface area contributed by atoms with Crippen LogP contribution in [-0.2, 0) is 16.1 Å². The van der Waals surface area contributed by atoms with Crippen LogP contribution in [0.4, 0.5) is 10.1 Å². The quantitative estimate of drug-likeness (QED) is 0.800. The lowest BCUT2D eigenvalue weighted by Crippen LogP contribution is -2.41. The number of carbonyl (C=O) groups is 2. The van der Waals surface area contributed by atoms with Gasteiger partial charge in [0.05, 0.1) is 19.1 Å². The van der Waals surface area contributed by atoms with Crippen molar-refractivity contribution in [1.82, 2.24) is 9.80 Å². The van der Waals surface area contributed by atoms with Crippen LogP contribution in [0.1, 0.15) is 28.8 Å². The molecule has 6 nitrogen and oxygen atoms in total. The van der Waals surface area contributed by atoms with Crippen molar-refractivity contribution in [1.29, 1.82) is 0 Å². The molecule has 2 aliphatic rings. The lowest BCUT2D eigenvalue weighted by molar-refractivity contribution is -0.121. The van der Waals surface area contributed by atoms with Crippen LogP contribution in [0.3, 0.4) is 0 Å². The molecule has 1 atom stereocenters. The molecule has 2 heterocycles. The summed E-state index contributed by atoms with van der Waals surface area (Å²) in [5, 5.41) is 2.98. The zero-order valence-electron chi connectivity index (χ0n) is 17.6. The van der Waals surface area contributed by atoms with Gasteiger partial charge in [-0.05, 0) is 55.3 Å². The van der Waals surface area contributed by atoms with E-state index in [1.807, 2.05) is 6.07 Å². The SMILES string of the molecule is O=C(Nc1cccc(C(=O)N2CCOCC2)c1)C1CCCN(Cc2cccc(F)c2)C1. The minimum Gasteiger partial charge on any atom is -0.378 e. The van der Waals surface area contributed by atoms with E-state index in [0.29, 0.717) is 50.6 Å². The van der Waals surface area contributed by atoms with Gasteiger partial charge in [-0.2, -0.15) is 0 Å². The van der Waals surface area contributed by atoms with Crippen molar-refractivity contribution in [3.63, 3.8) is 0 Å². The molecule has 2 aliphatic heterocycles. The predicted molar refractivity (Wildman–Crippen MR) is 116 cm³/mol. The number of nitrogens with one attached hydrogen (secondary N) is 1. The van der Waals surface area contributed by atoms with Crippen molar-refractivity contribution in [2.24, 2.45) is 5.92 Å². The summed E-state index contributed by atoms with van der Waals surface area (Å²) >= 11 is 0. The maximum Gasteiger partial charge on any atom is 0.254 e. The molecule has 2 aromatic rings. The summed E-state index contributed by atoms with van der Waals surface area (Å²) in [7, 11) is 0. The number of benzene rings is 2. The van der Waals surface area contributed by atoms with Crippen LogP contribution in [-0.4, -0.2) is 61.0 Å². The van der Waals surface area contributed by atoms with Gasteiger partial charge in [-0.15, -0.1) is 0 Å². The molecule has 7 heteroatoms. The molecule has 1 unspecified atom stereocenters. The Hall–Kier alpha value is -2.77. The van der Waals surface area contributed by atoms with E-state index in [4.69, 9.17) is 4.74 Å². The minimum absolute atomic E-state index is 0.0417. The van der Waals surface area contributed by atoms with Gasteiger partial charge in [0.15, 0.2) is 0 Å². The van der Waals surface area contributed by atoms with E-state index in [-0.39, 0.29) is 23.5 Å². The number of ether oxygens (including phenoxy) is 1. The molecule has 2 fully saturated rings. The van der Waals surface area contributed by atoms with Gasteiger partial charge in [0, 0.05) is 37.4 Å². The molecule has 0 saturated carbocycles. The molecule has 0 radical (unpaired) electrons. The number of hydrogen-bond donors (Lipinski definition) is 1. The van der Waals surface area contributed by atoms with Crippen LogP contribution in [0.15, 0.2) is 48.5 Å². The fourth-order valence-electron chi connectivity index (χ4n) is 4.23. The van der Waals surface area contributed by atoms with Crippen LogP contribution in [0.5, 0.6) is 0 Å². The predicted octanol–water partition coefficient (Wildman–Crippen LogP) is 3.15. The van der Waals surface area contributed by atoms with E-state index < -0.39 is 0 Å². The van der Waals surface area contributed by atoms with Crippen LogP contribution in [0.25, 0.3) is 0 Å². The third-order valence-electron chi connectivity index (χ3n) is 5.85. The summed E-state index contributed by atoms with van der Waals surface area (Å²) in [5.41, 5.74) is 2.11. The number of hydrogen-bond acceptors (Lipinski definition) is 4. The zero-order valence-corrected chi connectivity index (χ0v) is 17.6. The summed E-state index contributed by atoms with van der Waals surface area (Å²) < 4.78 is 18.8. The van der Waals surface area contributed by atoms with Crippen molar-refractivity contribution in [2.45, 2.75) is 19.4 Å². The Morgan fingerprint density at radius 1 is 1.06 bits per heavy atom. The largest absolute Gasteiger partial charge is 0.378 e. The Morgan fingerprint density at radius 2 is 1.87 bits per heavy atom. The molecular formula is C24H28FN3O3. The number of halogens is 1. The number of likely N-dealkylation sites (tertiary alicyclic amines) is 1. The first kappa shape index (κ1) is 21.5. The highest BCUT2D eigenvalue weighted by molar-refractivity contribution is 5.97. The van der Waals surface area contributed by atoms with E-state index >= 15 is 0 Å². The molecule has 0 aliphatic carbocycles. The molecule has 2 aromatic carbocycles. The van der Waals surface area contributed by atoms with Crippen LogP contribution in [0, 0.1) is 11.7 Å². The molecule has 164 valence electrons. The number of nitrogens with zero attached hydrogens (tertiary/aromatic N) is 2. The maximum atomic E-state index is 13.5. The highest BCUT2D eigenvalue weighted by Crippen LogP contribution is 2.21. The lowest BCUT2D eigenvalue weighted by atomic mass is 9.96. The summed E-state index contributed by atoms with van der Waals surface area (Å²) in [6.07, 6.45) is 1.74. The number of anilines is 1. The Bertz CT molecular complexity index is 930. The average molecular weight is 426 g/mol. The maximum absolute atomic E-state index is 13.5. The molecule has 1 N–H and O–H groups in total. The Morgan fingerprint density at radius 3 is 2.68 bits per heavy atom. The van der Waals surface area contributed by atoms with Gasteiger partial charge in [-0.3, -0.25) is 14.5 Å². The number of piperidine rings is 1. The normalized spacial score (nSPS) is 19.8. The lowest BCUT2D eigenvalue weighted by Gasteiger charge is -2.32. The second kappa shape index (κ2) is 10.0. The van der Waals surface area contributed by atoms with E-state index in [0.717, 1.165) is 24.9 Å². The number of rotatable bonds is 5. The van der Waals surface area contributed by atoms with E-state index in [2.05, 4.69) is 10.2 Å². The van der Waals surface area contributed by atoms with E-state index in [1.54, 1.807) is 41.3 Å². The Kier molecular flexibility index (Phi) is 6.94. The molecule has 31 heavy (non-hydrogen) atoms. The van der Waals surface area contributed by atoms with Gasteiger partial charge < -0.3 is 15.0 Å². The van der Waals surface area contributed by atoms with Crippen molar-refractivity contribution in [2.75, 3.05) is 44.7 Å². The van der Waals surface area contributed by atoms with Crippen molar-refractivity contribution in [3.05, 3.63) is 65.5 Å². The molecule has 4 rings (SSSR count). The first-order valence-electron chi connectivity index (χ1n) is 10.8. The Labute approximate surface area is 182 Å². The molecule has 2 amide bonds. The second-order valence-electron chi connectivity index (χ2n) is 8.18. The highest BCUT2D eigenvalue weighted by atomic mass is 19.1. The van der Waals surface area contributed by atoms with Crippen LogP contribution in [0.2, 0.25) is 0 Å². The van der Waals surface area contributed by atoms with Gasteiger partial charge in [0.1, 0.15) is 5.82 Å². The van der Waals surface area contributed by atoms with Gasteiger partial charge in [-0.25, -0.2) is 4.39 Å². The van der Waals surface area contributed by atoms with Gasteiger partial charge >= 0.3 is 0 Å². The fraction of sp³-hybridized carbons (Fsp3) is 0.417. The summed E-state index contributed by atoms with van der Waals surface area (Å²) in [6, 6.07) is 13.7. The van der Waals surface area contributed by atoms with Gasteiger partial charge in [0.2, 0.25) is 5.91 Å². The monoisotopic (exact) mass is 425 g/mol.